The molecule has 5 atom stereocenters. The number of phenolic OH excluding ortho intramolecular Hbond substituents is 1. The highest BCUT2D eigenvalue weighted by molar-refractivity contribution is 6.03. The first kappa shape index (κ1) is 52.2. The van der Waals surface area contributed by atoms with Gasteiger partial charge in [-0.25, -0.2) is 17.6 Å². The van der Waals surface area contributed by atoms with Crippen LogP contribution in [0.15, 0.2) is 83.5 Å². The largest absolute Gasteiger partial charge is 0.508 e. The van der Waals surface area contributed by atoms with Crippen LogP contribution in [0, 0.1) is 41.5 Å². The Bertz CT molecular complexity index is 3420. The van der Waals surface area contributed by atoms with Crippen molar-refractivity contribution in [2.45, 2.75) is 95.5 Å². The maximum atomic E-state index is 17.1. The fraction of sp³-hybridized carbons (Fsp3) is 0.390. The quantitative estimate of drug-likeness (QED) is 0.0657. The molecule has 78 heavy (non-hydrogen) atoms. The summed E-state index contributed by atoms with van der Waals surface area (Å²) in [5, 5.41) is 22.6. The highest BCUT2D eigenvalue weighted by atomic mass is 19.1. The number of hydrogen-bond acceptors (Lipinski definition) is 13. The van der Waals surface area contributed by atoms with Crippen LogP contribution in [0.3, 0.4) is 0 Å². The molecule has 19 heteroatoms. The number of anilines is 1. The number of hydrogen-bond donors (Lipinski definition) is 3. The average molecular weight is 1070 g/mol. The van der Waals surface area contributed by atoms with E-state index in [2.05, 4.69) is 41.5 Å². The maximum absolute atomic E-state index is 17.1. The van der Waals surface area contributed by atoms with E-state index in [1.54, 1.807) is 35.2 Å². The Morgan fingerprint density at radius 3 is 2.37 bits per heavy atom. The van der Waals surface area contributed by atoms with Gasteiger partial charge >= 0.3 is 6.01 Å². The van der Waals surface area contributed by atoms with Crippen LogP contribution in [0.2, 0.25) is 0 Å². The van der Waals surface area contributed by atoms with Crippen molar-refractivity contribution in [1.29, 1.82) is 0 Å². The monoisotopic (exact) mass is 1070 g/mol. The summed E-state index contributed by atoms with van der Waals surface area (Å²) in [4.78, 5) is 48.0. The SMILES string of the molecule is C#Cc1c(F)ccc2cc(O)cc(-c3ncc4c(N5CC6CCC(C5)N6)nc(OCCN5CCC(Oc6cc(C(C(=O)N7CCCC7C(=O)NC(C)c7ccc(-c8c(F)cccc8F)cc7)C(C)C)on6)CC5)nc4c3F)c12. The van der Waals surface area contributed by atoms with Crippen LogP contribution in [0.4, 0.5) is 23.4 Å². The number of carbonyl (C=O) groups is 2. The number of carbonyl (C=O) groups excluding carboxylic acids is 2. The van der Waals surface area contributed by atoms with Gasteiger partial charge in [-0.15, -0.1) is 6.42 Å². The van der Waals surface area contributed by atoms with E-state index in [0.717, 1.165) is 18.4 Å². The van der Waals surface area contributed by atoms with Crippen molar-refractivity contribution in [1.82, 2.24) is 40.5 Å². The number of nitrogens with one attached hydrogen (secondary N) is 2. The summed E-state index contributed by atoms with van der Waals surface area (Å²) < 4.78 is 79.3. The van der Waals surface area contributed by atoms with Crippen molar-refractivity contribution in [2.75, 3.05) is 50.8 Å². The van der Waals surface area contributed by atoms with Gasteiger partial charge < -0.3 is 39.5 Å². The summed E-state index contributed by atoms with van der Waals surface area (Å²) in [7, 11) is 0. The van der Waals surface area contributed by atoms with Gasteiger partial charge in [-0.05, 0) is 103 Å². The molecule has 4 aromatic carbocycles. The third-order valence-electron chi connectivity index (χ3n) is 15.7. The molecule has 5 unspecified atom stereocenters. The second-order valence-corrected chi connectivity index (χ2v) is 21.1. The first-order chi connectivity index (χ1) is 37.7. The zero-order valence-corrected chi connectivity index (χ0v) is 43.4. The topological polar surface area (TPSA) is 171 Å². The predicted molar refractivity (Wildman–Crippen MR) is 285 cm³/mol. The Morgan fingerprint density at radius 2 is 1.65 bits per heavy atom. The summed E-state index contributed by atoms with van der Waals surface area (Å²) >= 11 is 0. The zero-order chi connectivity index (χ0) is 54.4. The van der Waals surface area contributed by atoms with E-state index in [0.29, 0.717) is 92.9 Å². The van der Waals surface area contributed by atoms with Crippen molar-refractivity contribution in [2.24, 2.45) is 5.92 Å². The van der Waals surface area contributed by atoms with Gasteiger partial charge in [0, 0.05) is 74.6 Å². The van der Waals surface area contributed by atoms with E-state index in [4.69, 9.17) is 25.4 Å². The number of halogens is 4. The number of piperidine rings is 1. The molecular formula is C59H59F4N9O6. The normalized spacial score (nSPS) is 19.6. The molecule has 7 heterocycles. The Hall–Kier alpha value is -7.82. The number of aromatic hydroxyl groups is 1. The van der Waals surface area contributed by atoms with Gasteiger partial charge in [-0.3, -0.25) is 19.5 Å². The van der Waals surface area contributed by atoms with Gasteiger partial charge in [0.25, 0.3) is 5.88 Å². The lowest BCUT2D eigenvalue weighted by molar-refractivity contribution is -0.141. The van der Waals surface area contributed by atoms with Gasteiger partial charge in [0.1, 0.15) is 64.9 Å². The minimum atomic E-state index is -0.789. The van der Waals surface area contributed by atoms with Gasteiger partial charge in [0.2, 0.25) is 11.8 Å². The Balaban J connectivity index is 0.717. The number of pyridine rings is 1. The lowest BCUT2D eigenvalue weighted by Gasteiger charge is -2.34. The zero-order valence-electron chi connectivity index (χ0n) is 43.4. The molecule has 3 aromatic heterocycles. The number of aromatic nitrogens is 4. The third kappa shape index (κ3) is 10.4. The summed E-state index contributed by atoms with van der Waals surface area (Å²) in [5.41, 5.74) is 0.871. The van der Waals surface area contributed by atoms with Crippen molar-refractivity contribution < 1.29 is 46.3 Å². The van der Waals surface area contributed by atoms with Gasteiger partial charge in [0.15, 0.2) is 11.6 Å². The Morgan fingerprint density at radius 1 is 0.910 bits per heavy atom. The standard InChI is InChI=1S/C59H59F4N9O6/c1-5-41-44(60)18-15-36-26-39(73)27-42(51(36)41)54-53(63)55-43(29-64-54)56(71-30-37-16-17-38(31-71)66-37)68-59(67-55)76-25-24-70-22-19-40(20-23-70)77-49-28-48(78-69-49)50(32(2)3)58(75)72-21-7-10-47(72)57(74)65-33(4)34-11-13-35(14-12-34)52-45(61)8-6-9-46(52)62/h1,6,8-9,11-15,18,26-29,32-33,37-38,40,47,50,66,73H,7,10,16-17,19-25,30-31H2,2-4H3,(H,65,74). The van der Waals surface area contributed by atoms with Crippen LogP contribution >= 0.6 is 0 Å². The van der Waals surface area contributed by atoms with E-state index in [1.165, 1.54) is 48.7 Å². The summed E-state index contributed by atoms with van der Waals surface area (Å²) in [6.45, 7) is 9.46. The van der Waals surface area contributed by atoms with Crippen LogP contribution in [0.25, 0.3) is 44.1 Å². The first-order valence-electron chi connectivity index (χ1n) is 26.6. The third-order valence-corrected chi connectivity index (χ3v) is 15.7. The molecule has 404 valence electrons. The second kappa shape index (κ2) is 21.9. The Kier molecular flexibility index (Phi) is 14.7. The number of phenols is 1. The number of likely N-dealkylation sites (tertiary alicyclic amines) is 2. The number of amides is 2. The highest BCUT2D eigenvalue weighted by Crippen LogP contribution is 2.40. The number of benzene rings is 4. The molecule has 2 bridgehead atoms. The lowest BCUT2D eigenvalue weighted by atomic mass is 9.91. The molecule has 4 saturated heterocycles. The van der Waals surface area contributed by atoms with Crippen molar-refractivity contribution >= 4 is 39.3 Å². The average Bonchev–Trinajstić information content (AvgIpc) is 4.22. The minimum Gasteiger partial charge on any atom is -0.508 e. The van der Waals surface area contributed by atoms with Crippen LogP contribution in [0.5, 0.6) is 17.6 Å². The van der Waals surface area contributed by atoms with Crippen LogP contribution < -0.4 is 25.0 Å². The smallest absolute Gasteiger partial charge is 0.319 e. The van der Waals surface area contributed by atoms with E-state index >= 15 is 8.78 Å². The van der Waals surface area contributed by atoms with Crippen molar-refractivity contribution in [3.05, 3.63) is 119 Å². The molecule has 0 radical (unpaired) electrons. The second-order valence-electron chi connectivity index (χ2n) is 21.1. The van der Waals surface area contributed by atoms with E-state index in [9.17, 15) is 23.5 Å². The first-order valence-corrected chi connectivity index (χ1v) is 26.6. The molecule has 0 aliphatic carbocycles. The molecule has 4 aliphatic heterocycles. The van der Waals surface area contributed by atoms with Gasteiger partial charge in [0.05, 0.1) is 22.6 Å². The molecular weight excluding hydrogens is 1010 g/mol. The summed E-state index contributed by atoms with van der Waals surface area (Å²) in [6, 6.07) is 16.9. The fourth-order valence-electron chi connectivity index (χ4n) is 11.7. The molecule has 7 aromatic rings. The summed E-state index contributed by atoms with van der Waals surface area (Å²) in [5.74, 6) is -0.877. The number of nitrogens with zero attached hydrogens (tertiary/aromatic N) is 7. The lowest BCUT2D eigenvalue weighted by Crippen LogP contribution is -2.51. The van der Waals surface area contributed by atoms with Crippen molar-refractivity contribution in [3.8, 4) is 52.4 Å². The number of ether oxygens (including phenoxy) is 2. The van der Waals surface area contributed by atoms with Crippen molar-refractivity contribution in [3.63, 3.8) is 0 Å². The number of rotatable bonds is 15. The highest BCUT2D eigenvalue weighted by Gasteiger charge is 2.41. The van der Waals surface area contributed by atoms with E-state index < -0.39 is 41.3 Å². The molecule has 2 amide bonds. The number of terminal acetylenes is 1. The molecule has 4 fully saturated rings. The molecule has 11 rings (SSSR count). The van der Waals surface area contributed by atoms with E-state index in [-0.39, 0.29) is 93.5 Å². The summed E-state index contributed by atoms with van der Waals surface area (Å²) in [6.07, 6.45) is 11.6. The molecule has 3 N–H and O–H groups in total. The van der Waals surface area contributed by atoms with Crippen LogP contribution in [0.1, 0.15) is 88.1 Å². The van der Waals surface area contributed by atoms with Crippen LogP contribution in [-0.4, -0.2) is 117 Å². The Labute approximate surface area is 448 Å². The van der Waals surface area contributed by atoms with Gasteiger partial charge in [-0.2, -0.15) is 9.97 Å². The molecule has 0 saturated carbocycles. The van der Waals surface area contributed by atoms with Gasteiger partial charge in [-0.1, -0.05) is 56.2 Å². The van der Waals surface area contributed by atoms with E-state index in [1.807, 2.05) is 20.8 Å². The maximum Gasteiger partial charge on any atom is 0.319 e. The molecule has 4 aliphatic rings. The number of piperazine rings is 1. The minimum absolute atomic E-state index is 0.00569. The molecule has 0 spiro atoms. The van der Waals surface area contributed by atoms with Crippen LogP contribution in [-0.2, 0) is 9.59 Å². The predicted octanol–water partition coefficient (Wildman–Crippen LogP) is 9.21. The fourth-order valence-corrected chi connectivity index (χ4v) is 11.7. The number of fused-ring (bicyclic) bond motifs is 4. The molecule has 15 nitrogen and oxygen atoms in total.